The van der Waals surface area contributed by atoms with E-state index in [-0.39, 0.29) is 0 Å². The second-order valence-electron chi connectivity index (χ2n) is 7.49. The first-order valence-corrected chi connectivity index (χ1v) is 9.80. The third-order valence-electron chi connectivity index (χ3n) is 5.80. The van der Waals surface area contributed by atoms with Gasteiger partial charge in [0.05, 0.1) is 0 Å². The van der Waals surface area contributed by atoms with Crippen LogP contribution in [0.3, 0.4) is 0 Å². The highest BCUT2D eigenvalue weighted by atomic mass is 14.2. The molecule has 0 aliphatic carbocycles. The summed E-state index contributed by atoms with van der Waals surface area (Å²) in [5.41, 5.74) is 7.83. The molecule has 0 saturated heterocycles. The molecule has 0 radical (unpaired) electrons. The molecular formula is C28H22. The molecule has 0 N–H and O–H groups in total. The van der Waals surface area contributed by atoms with Gasteiger partial charge in [0, 0.05) is 0 Å². The first-order valence-electron chi connectivity index (χ1n) is 9.80. The van der Waals surface area contributed by atoms with Crippen molar-refractivity contribution in [2.75, 3.05) is 0 Å². The minimum Gasteiger partial charge on any atom is -0.0620 e. The van der Waals surface area contributed by atoms with Crippen molar-refractivity contribution in [1.82, 2.24) is 0 Å². The van der Waals surface area contributed by atoms with Crippen LogP contribution in [0.1, 0.15) is 11.1 Å². The Bertz CT molecular complexity index is 1320. The topological polar surface area (TPSA) is 0 Å². The van der Waals surface area contributed by atoms with E-state index < -0.39 is 0 Å². The number of hydrogen-bond donors (Lipinski definition) is 0. The molecule has 0 heterocycles. The van der Waals surface area contributed by atoms with E-state index in [2.05, 4.69) is 111 Å². The van der Waals surface area contributed by atoms with Crippen LogP contribution in [0, 0.1) is 13.8 Å². The van der Waals surface area contributed by atoms with Gasteiger partial charge in [0.15, 0.2) is 0 Å². The molecule has 0 spiro atoms. The lowest BCUT2D eigenvalue weighted by molar-refractivity contribution is 1.45. The van der Waals surface area contributed by atoms with Crippen molar-refractivity contribution in [3.05, 3.63) is 108 Å². The smallest absolute Gasteiger partial charge is 0.00695 e. The summed E-state index contributed by atoms with van der Waals surface area (Å²) in [6.45, 7) is 4.43. The van der Waals surface area contributed by atoms with Gasteiger partial charge in [-0.25, -0.2) is 0 Å². The Labute approximate surface area is 166 Å². The molecule has 0 aliphatic heterocycles. The Morgan fingerprint density at radius 3 is 1.79 bits per heavy atom. The number of fused-ring (bicyclic) bond motifs is 3. The van der Waals surface area contributed by atoms with E-state index in [1.165, 1.54) is 54.9 Å². The highest BCUT2D eigenvalue weighted by molar-refractivity contribution is 6.15. The summed E-state index contributed by atoms with van der Waals surface area (Å²) in [7, 11) is 0. The zero-order chi connectivity index (χ0) is 19.1. The first-order chi connectivity index (χ1) is 13.7. The summed E-state index contributed by atoms with van der Waals surface area (Å²) in [5, 5.41) is 5.30. The quantitative estimate of drug-likeness (QED) is 0.281. The van der Waals surface area contributed by atoms with Gasteiger partial charge in [0.1, 0.15) is 0 Å². The monoisotopic (exact) mass is 358 g/mol. The normalized spacial score (nSPS) is 11.2. The van der Waals surface area contributed by atoms with Gasteiger partial charge in [-0.15, -0.1) is 0 Å². The lowest BCUT2D eigenvalue weighted by atomic mass is 9.87. The number of benzene rings is 5. The zero-order valence-corrected chi connectivity index (χ0v) is 16.2. The fourth-order valence-electron chi connectivity index (χ4n) is 4.43. The van der Waals surface area contributed by atoms with Crippen molar-refractivity contribution in [2.24, 2.45) is 0 Å². The van der Waals surface area contributed by atoms with Gasteiger partial charge in [-0.3, -0.25) is 0 Å². The maximum absolute atomic E-state index is 2.34. The lowest BCUT2D eigenvalue weighted by Gasteiger charge is -2.16. The highest BCUT2D eigenvalue weighted by Gasteiger charge is 2.13. The maximum atomic E-state index is 2.34. The summed E-state index contributed by atoms with van der Waals surface area (Å²) < 4.78 is 0. The minimum atomic E-state index is 1.27. The molecule has 0 heteroatoms. The molecule has 134 valence electrons. The standard InChI is InChI=1S/C28H22/c1-19-10-3-4-13-23(19)21-11-9-12-22(18-21)28-20(2)24-14-5-6-15-25(24)26-16-7-8-17-27(26)28/h3-18H,1-2H3. The lowest BCUT2D eigenvalue weighted by Crippen LogP contribution is -1.91. The molecule has 0 atom stereocenters. The molecule has 0 saturated carbocycles. The zero-order valence-electron chi connectivity index (χ0n) is 16.2. The summed E-state index contributed by atoms with van der Waals surface area (Å²) >= 11 is 0. The van der Waals surface area contributed by atoms with Crippen LogP contribution in [-0.2, 0) is 0 Å². The van der Waals surface area contributed by atoms with Crippen LogP contribution in [-0.4, -0.2) is 0 Å². The van der Waals surface area contributed by atoms with Crippen molar-refractivity contribution in [1.29, 1.82) is 0 Å². The second-order valence-corrected chi connectivity index (χ2v) is 7.49. The van der Waals surface area contributed by atoms with Gasteiger partial charge in [-0.05, 0) is 74.8 Å². The van der Waals surface area contributed by atoms with Crippen LogP contribution in [0.2, 0.25) is 0 Å². The van der Waals surface area contributed by atoms with Crippen molar-refractivity contribution in [3.8, 4) is 22.3 Å². The van der Waals surface area contributed by atoms with E-state index in [0.717, 1.165) is 0 Å². The summed E-state index contributed by atoms with van der Waals surface area (Å²) in [6, 6.07) is 35.1. The molecule has 0 nitrogen and oxygen atoms in total. The predicted octanol–water partition coefficient (Wildman–Crippen LogP) is 7.94. The first kappa shape index (κ1) is 16.8. The molecule has 5 aromatic rings. The van der Waals surface area contributed by atoms with Gasteiger partial charge in [-0.2, -0.15) is 0 Å². The maximum Gasteiger partial charge on any atom is -0.00695 e. The van der Waals surface area contributed by atoms with E-state index in [1.54, 1.807) is 0 Å². The Balaban J connectivity index is 1.84. The van der Waals surface area contributed by atoms with E-state index >= 15 is 0 Å². The third-order valence-corrected chi connectivity index (χ3v) is 5.80. The molecule has 0 fully saturated rings. The number of hydrogen-bond acceptors (Lipinski definition) is 0. The largest absolute Gasteiger partial charge is 0.0620 e. The fourth-order valence-corrected chi connectivity index (χ4v) is 4.43. The van der Waals surface area contributed by atoms with Crippen LogP contribution < -0.4 is 0 Å². The molecular weight excluding hydrogens is 336 g/mol. The number of aryl methyl sites for hydroxylation is 2. The third kappa shape index (κ3) is 2.61. The van der Waals surface area contributed by atoms with Gasteiger partial charge in [-0.1, -0.05) is 91.0 Å². The summed E-state index contributed by atoms with van der Waals surface area (Å²) in [6.07, 6.45) is 0. The fraction of sp³-hybridized carbons (Fsp3) is 0.0714. The van der Waals surface area contributed by atoms with Crippen molar-refractivity contribution in [2.45, 2.75) is 13.8 Å². The molecule has 0 aliphatic rings. The molecule has 0 amide bonds. The van der Waals surface area contributed by atoms with Gasteiger partial charge < -0.3 is 0 Å². The Hall–Kier alpha value is -3.38. The Morgan fingerprint density at radius 2 is 1.04 bits per heavy atom. The van der Waals surface area contributed by atoms with Crippen molar-refractivity contribution < 1.29 is 0 Å². The molecule has 0 unspecified atom stereocenters. The minimum absolute atomic E-state index is 1.27. The average Bonchev–Trinajstić information content (AvgIpc) is 2.75. The van der Waals surface area contributed by atoms with Gasteiger partial charge >= 0.3 is 0 Å². The average molecular weight is 358 g/mol. The Morgan fingerprint density at radius 1 is 0.464 bits per heavy atom. The van der Waals surface area contributed by atoms with E-state index in [4.69, 9.17) is 0 Å². The molecule has 5 rings (SSSR count). The summed E-state index contributed by atoms with van der Waals surface area (Å²) in [4.78, 5) is 0. The summed E-state index contributed by atoms with van der Waals surface area (Å²) in [5.74, 6) is 0. The van der Waals surface area contributed by atoms with E-state index in [9.17, 15) is 0 Å². The van der Waals surface area contributed by atoms with Crippen LogP contribution >= 0.6 is 0 Å². The Kier molecular flexibility index (Phi) is 3.98. The van der Waals surface area contributed by atoms with Crippen LogP contribution in [0.4, 0.5) is 0 Å². The van der Waals surface area contributed by atoms with Crippen LogP contribution in [0.5, 0.6) is 0 Å². The van der Waals surface area contributed by atoms with E-state index in [0.29, 0.717) is 0 Å². The highest BCUT2D eigenvalue weighted by Crippen LogP contribution is 2.39. The second kappa shape index (κ2) is 6.65. The number of rotatable bonds is 2. The molecule has 0 aromatic heterocycles. The van der Waals surface area contributed by atoms with E-state index in [1.807, 2.05) is 0 Å². The predicted molar refractivity (Wildman–Crippen MR) is 122 cm³/mol. The molecule has 5 aromatic carbocycles. The van der Waals surface area contributed by atoms with Crippen LogP contribution in [0.25, 0.3) is 43.8 Å². The molecule has 0 bridgehead atoms. The molecule has 28 heavy (non-hydrogen) atoms. The van der Waals surface area contributed by atoms with Crippen molar-refractivity contribution in [3.63, 3.8) is 0 Å². The van der Waals surface area contributed by atoms with Gasteiger partial charge in [0.2, 0.25) is 0 Å². The SMILES string of the molecule is Cc1ccccc1-c1cccc(-c2c(C)c3ccccc3c3ccccc23)c1. The van der Waals surface area contributed by atoms with Crippen LogP contribution in [0.15, 0.2) is 97.1 Å². The van der Waals surface area contributed by atoms with Gasteiger partial charge in [0.25, 0.3) is 0 Å². The van der Waals surface area contributed by atoms with Crippen molar-refractivity contribution >= 4 is 21.5 Å².